The van der Waals surface area contributed by atoms with Crippen LogP contribution >= 0.6 is 15.9 Å². The highest BCUT2D eigenvalue weighted by molar-refractivity contribution is 9.10. The van der Waals surface area contributed by atoms with Gasteiger partial charge < -0.3 is 0 Å². The lowest BCUT2D eigenvalue weighted by molar-refractivity contribution is -0.120. The molecule has 0 heterocycles. The number of hydrogen-bond donors (Lipinski definition) is 1. The first kappa shape index (κ1) is 17.4. The maximum Gasteiger partial charge on any atom is 0.244 e. The summed E-state index contributed by atoms with van der Waals surface area (Å²) in [6, 6.07) is 15.9. The molecule has 0 atom stereocenters. The quantitative estimate of drug-likeness (QED) is 0.625. The van der Waals surface area contributed by atoms with E-state index in [0.29, 0.717) is 6.42 Å². The predicted molar refractivity (Wildman–Crippen MR) is 98.7 cm³/mol. The Morgan fingerprint density at radius 1 is 1.09 bits per heavy atom. The number of carbonyl (C=O) groups excluding carboxylic acids is 1. The average molecular weight is 373 g/mol. The molecular formula is C19H21BrN2O. The van der Waals surface area contributed by atoms with E-state index in [4.69, 9.17) is 0 Å². The van der Waals surface area contributed by atoms with Gasteiger partial charge in [0, 0.05) is 4.47 Å². The van der Waals surface area contributed by atoms with Crippen molar-refractivity contribution in [2.45, 2.75) is 32.6 Å². The van der Waals surface area contributed by atoms with E-state index in [1.165, 1.54) is 5.56 Å². The number of benzene rings is 2. The van der Waals surface area contributed by atoms with E-state index in [9.17, 15) is 4.79 Å². The third-order valence-corrected chi connectivity index (χ3v) is 3.99. The van der Waals surface area contributed by atoms with Crippen molar-refractivity contribution in [1.82, 2.24) is 5.43 Å². The van der Waals surface area contributed by atoms with E-state index in [-0.39, 0.29) is 11.3 Å². The average Bonchev–Trinajstić information content (AvgIpc) is 2.49. The number of carbonyl (C=O) groups is 1. The van der Waals surface area contributed by atoms with E-state index in [1.54, 1.807) is 6.21 Å². The fourth-order valence-corrected chi connectivity index (χ4v) is 2.34. The van der Waals surface area contributed by atoms with Gasteiger partial charge in [-0.3, -0.25) is 4.79 Å². The molecule has 3 nitrogen and oxygen atoms in total. The number of hydrazone groups is 1. The smallest absolute Gasteiger partial charge is 0.244 e. The summed E-state index contributed by atoms with van der Waals surface area (Å²) in [6.07, 6.45) is 1.97. The SMILES string of the molecule is CC(C)(C)c1ccc(/C=N\NC(=O)Cc2ccc(Br)cc2)cc1. The van der Waals surface area contributed by atoms with Gasteiger partial charge in [-0.2, -0.15) is 5.10 Å². The summed E-state index contributed by atoms with van der Waals surface area (Å²) in [6.45, 7) is 6.54. The summed E-state index contributed by atoms with van der Waals surface area (Å²) >= 11 is 3.37. The molecule has 120 valence electrons. The summed E-state index contributed by atoms with van der Waals surface area (Å²) in [7, 11) is 0. The first-order valence-electron chi connectivity index (χ1n) is 7.51. The Bertz CT molecular complexity index is 683. The van der Waals surface area contributed by atoms with Gasteiger partial charge in [0.05, 0.1) is 12.6 Å². The molecule has 2 aromatic rings. The second kappa shape index (κ2) is 7.55. The minimum absolute atomic E-state index is 0.130. The minimum atomic E-state index is -0.130. The second-order valence-corrected chi connectivity index (χ2v) is 7.38. The number of halogens is 1. The van der Waals surface area contributed by atoms with E-state index in [1.807, 2.05) is 36.4 Å². The van der Waals surface area contributed by atoms with E-state index >= 15 is 0 Å². The van der Waals surface area contributed by atoms with Crippen LogP contribution in [0.5, 0.6) is 0 Å². The van der Waals surface area contributed by atoms with Crippen molar-refractivity contribution in [3.63, 3.8) is 0 Å². The van der Waals surface area contributed by atoms with Crippen LogP contribution in [0.2, 0.25) is 0 Å². The van der Waals surface area contributed by atoms with Gasteiger partial charge in [0.1, 0.15) is 0 Å². The van der Waals surface area contributed by atoms with Gasteiger partial charge in [-0.25, -0.2) is 5.43 Å². The number of rotatable bonds is 4. The fraction of sp³-hybridized carbons (Fsp3) is 0.263. The van der Waals surface area contributed by atoms with Crippen LogP contribution in [0.1, 0.15) is 37.5 Å². The van der Waals surface area contributed by atoms with Gasteiger partial charge >= 0.3 is 0 Å². The van der Waals surface area contributed by atoms with Crippen molar-refractivity contribution in [3.8, 4) is 0 Å². The van der Waals surface area contributed by atoms with Crippen molar-refractivity contribution in [2.24, 2.45) is 5.10 Å². The fourth-order valence-electron chi connectivity index (χ4n) is 2.08. The van der Waals surface area contributed by atoms with Crippen LogP contribution in [-0.2, 0) is 16.6 Å². The Morgan fingerprint density at radius 3 is 2.26 bits per heavy atom. The highest BCUT2D eigenvalue weighted by Crippen LogP contribution is 2.21. The van der Waals surface area contributed by atoms with Crippen molar-refractivity contribution in [1.29, 1.82) is 0 Å². The number of amides is 1. The molecular weight excluding hydrogens is 352 g/mol. The lowest BCUT2D eigenvalue weighted by Gasteiger charge is -2.18. The van der Waals surface area contributed by atoms with Gasteiger partial charge in [-0.15, -0.1) is 0 Å². The molecule has 1 amide bonds. The topological polar surface area (TPSA) is 41.5 Å². The zero-order chi connectivity index (χ0) is 16.9. The molecule has 0 unspecified atom stereocenters. The molecule has 0 fully saturated rings. The van der Waals surface area contributed by atoms with Crippen LogP contribution in [0.25, 0.3) is 0 Å². The third kappa shape index (κ3) is 5.64. The van der Waals surface area contributed by atoms with Crippen LogP contribution in [0.3, 0.4) is 0 Å². The Balaban J connectivity index is 1.88. The maximum atomic E-state index is 11.8. The van der Waals surface area contributed by atoms with Crippen molar-refractivity contribution in [2.75, 3.05) is 0 Å². The van der Waals surface area contributed by atoms with Crippen molar-refractivity contribution in [3.05, 3.63) is 69.7 Å². The summed E-state index contributed by atoms with van der Waals surface area (Å²) < 4.78 is 0.999. The minimum Gasteiger partial charge on any atom is -0.273 e. The Labute approximate surface area is 145 Å². The molecule has 0 saturated carbocycles. The van der Waals surface area contributed by atoms with E-state index in [2.05, 4.69) is 59.4 Å². The standard InChI is InChI=1S/C19H21BrN2O/c1-19(2,3)16-8-4-15(5-9-16)13-21-22-18(23)12-14-6-10-17(20)11-7-14/h4-11,13H,12H2,1-3H3,(H,22,23)/b21-13-. The van der Waals surface area contributed by atoms with Crippen molar-refractivity contribution >= 4 is 28.1 Å². The molecule has 0 saturated heterocycles. The Kier molecular flexibility index (Phi) is 5.72. The maximum absolute atomic E-state index is 11.8. The van der Waals surface area contributed by atoms with E-state index < -0.39 is 0 Å². The van der Waals surface area contributed by atoms with Crippen molar-refractivity contribution < 1.29 is 4.79 Å². The first-order valence-corrected chi connectivity index (χ1v) is 8.31. The molecule has 4 heteroatoms. The summed E-state index contributed by atoms with van der Waals surface area (Å²) in [5.41, 5.74) is 5.88. The lowest BCUT2D eigenvalue weighted by Crippen LogP contribution is -2.19. The molecule has 0 aliphatic carbocycles. The Hall–Kier alpha value is -1.94. The highest BCUT2D eigenvalue weighted by atomic mass is 79.9. The van der Waals surface area contributed by atoms with Crippen LogP contribution in [0.4, 0.5) is 0 Å². The van der Waals surface area contributed by atoms with Crippen LogP contribution < -0.4 is 5.43 Å². The normalized spacial score (nSPS) is 11.7. The number of nitrogens with zero attached hydrogens (tertiary/aromatic N) is 1. The number of hydrogen-bond acceptors (Lipinski definition) is 2. The molecule has 2 rings (SSSR count). The molecule has 0 aromatic heterocycles. The lowest BCUT2D eigenvalue weighted by atomic mass is 9.87. The molecule has 0 spiro atoms. The molecule has 0 radical (unpaired) electrons. The second-order valence-electron chi connectivity index (χ2n) is 6.47. The third-order valence-electron chi connectivity index (χ3n) is 3.46. The summed E-state index contributed by atoms with van der Waals surface area (Å²) in [5, 5.41) is 4.01. The van der Waals surface area contributed by atoms with Gasteiger partial charge in [-0.1, -0.05) is 73.1 Å². The monoisotopic (exact) mass is 372 g/mol. The van der Waals surface area contributed by atoms with Crippen LogP contribution in [0, 0.1) is 0 Å². The first-order chi connectivity index (χ1) is 10.8. The van der Waals surface area contributed by atoms with Gasteiger partial charge in [0.25, 0.3) is 0 Å². The zero-order valence-electron chi connectivity index (χ0n) is 13.6. The molecule has 0 aliphatic rings. The number of nitrogens with one attached hydrogen (secondary N) is 1. The summed E-state index contributed by atoms with van der Waals surface area (Å²) in [4.78, 5) is 11.8. The van der Waals surface area contributed by atoms with Gasteiger partial charge in [0.2, 0.25) is 5.91 Å². The van der Waals surface area contributed by atoms with Crippen LogP contribution in [-0.4, -0.2) is 12.1 Å². The molecule has 0 bridgehead atoms. The predicted octanol–water partition coefficient (Wildman–Crippen LogP) is 4.44. The zero-order valence-corrected chi connectivity index (χ0v) is 15.2. The summed E-state index contributed by atoms with van der Waals surface area (Å²) in [5.74, 6) is -0.130. The van der Waals surface area contributed by atoms with Crippen LogP contribution in [0.15, 0.2) is 58.1 Å². The van der Waals surface area contributed by atoms with Gasteiger partial charge in [0.15, 0.2) is 0 Å². The molecule has 0 aliphatic heterocycles. The highest BCUT2D eigenvalue weighted by Gasteiger charge is 2.12. The Morgan fingerprint density at radius 2 is 1.70 bits per heavy atom. The van der Waals surface area contributed by atoms with Gasteiger partial charge in [-0.05, 0) is 34.2 Å². The molecule has 1 N–H and O–H groups in total. The largest absolute Gasteiger partial charge is 0.273 e. The molecule has 23 heavy (non-hydrogen) atoms. The van der Waals surface area contributed by atoms with E-state index in [0.717, 1.165) is 15.6 Å². The molecule has 2 aromatic carbocycles.